The number of quaternary nitrogens is 1. The molecular weight excluding hydrogens is 375 g/mol. The zero-order valence-electron chi connectivity index (χ0n) is 13.0. The second-order valence-electron chi connectivity index (χ2n) is 5.14. The number of anilines is 1. The predicted molar refractivity (Wildman–Crippen MR) is 93.1 cm³/mol. The third-order valence-electron chi connectivity index (χ3n) is 3.39. The molecule has 0 bridgehead atoms. The van der Waals surface area contributed by atoms with Crippen LogP contribution in [0.3, 0.4) is 0 Å². The summed E-state index contributed by atoms with van der Waals surface area (Å²) in [7, 11) is 0. The van der Waals surface area contributed by atoms with Crippen molar-refractivity contribution in [2.24, 2.45) is 0 Å². The zero-order chi connectivity index (χ0) is 17.9. The second-order valence-corrected chi connectivity index (χ2v) is 7.19. The van der Waals surface area contributed by atoms with Crippen molar-refractivity contribution in [2.75, 3.05) is 17.3 Å². The van der Waals surface area contributed by atoms with Gasteiger partial charge in [-0.1, -0.05) is 23.2 Å². The number of carbonyl (C=O) groups is 3. The summed E-state index contributed by atoms with van der Waals surface area (Å²) in [6.07, 6.45) is 0.0687. The number of amides is 2. The van der Waals surface area contributed by atoms with Crippen LogP contribution in [0.4, 0.5) is 5.69 Å². The van der Waals surface area contributed by atoms with E-state index in [2.05, 4.69) is 5.73 Å². The molecule has 24 heavy (non-hydrogen) atoms. The van der Waals surface area contributed by atoms with Crippen LogP contribution in [0.15, 0.2) is 18.2 Å². The van der Waals surface area contributed by atoms with Crippen LogP contribution in [0.1, 0.15) is 13.3 Å². The van der Waals surface area contributed by atoms with Crippen LogP contribution in [-0.4, -0.2) is 41.4 Å². The van der Waals surface area contributed by atoms with Gasteiger partial charge in [0.05, 0.1) is 33.3 Å². The van der Waals surface area contributed by atoms with Crippen molar-refractivity contribution in [3.8, 4) is 0 Å². The Morgan fingerprint density at radius 2 is 2.12 bits per heavy atom. The molecule has 3 N–H and O–H groups in total. The standard InChI is InChI=1S/C15H16Cl2N2O4S/c1-2-23-15(22)11(18)7-24-12-6-13(20)19(14(12)21)8-3-4-9(16)10(17)5-8/h3-5,11-12H,2,6-7,18H2,1H3/p+1/t11-,12-/m1/s1. The maximum atomic E-state index is 12.5. The van der Waals surface area contributed by atoms with Gasteiger partial charge in [-0.05, 0) is 25.1 Å². The van der Waals surface area contributed by atoms with Gasteiger partial charge in [0, 0.05) is 6.42 Å². The predicted octanol–water partition coefficient (Wildman–Crippen LogP) is 1.53. The number of benzene rings is 1. The van der Waals surface area contributed by atoms with Crippen LogP contribution in [-0.2, 0) is 19.1 Å². The smallest absolute Gasteiger partial charge is 0.365 e. The highest BCUT2D eigenvalue weighted by Gasteiger charge is 2.40. The second kappa shape index (κ2) is 8.20. The molecular formula is C15H17Cl2N2O4S+. The number of esters is 1. The van der Waals surface area contributed by atoms with Gasteiger partial charge in [-0.2, -0.15) is 0 Å². The van der Waals surface area contributed by atoms with E-state index in [-0.39, 0.29) is 29.9 Å². The highest BCUT2D eigenvalue weighted by molar-refractivity contribution is 8.00. The zero-order valence-corrected chi connectivity index (χ0v) is 15.3. The molecule has 6 nitrogen and oxygen atoms in total. The Morgan fingerprint density at radius 3 is 2.75 bits per heavy atom. The molecule has 0 unspecified atom stereocenters. The lowest BCUT2D eigenvalue weighted by molar-refractivity contribution is -0.401. The molecule has 2 amide bonds. The van der Waals surface area contributed by atoms with Crippen LogP contribution in [0.25, 0.3) is 0 Å². The number of nitrogens with zero attached hydrogens (tertiary/aromatic N) is 1. The Balaban J connectivity index is 2.03. The number of rotatable bonds is 6. The van der Waals surface area contributed by atoms with Gasteiger partial charge in [0.1, 0.15) is 0 Å². The number of hydrogen-bond acceptors (Lipinski definition) is 5. The Morgan fingerprint density at radius 1 is 1.42 bits per heavy atom. The third-order valence-corrected chi connectivity index (χ3v) is 5.49. The molecule has 2 atom stereocenters. The molecule has 0 spiro atoms. The van der Waals surface area contributed by atoms with Crippen molar-refractivity contribution in [1.29, 1.82) is 0 Å². The Hall–Kier alpha value is -1.28. The Labute approximate surface area is 153 Å². The molecule has 9 heteroatoms. The number of hydrogen-bond donors (Lipinski definition) is 1. The molecule has 1 aliphatic rings. The van der Waals surface area contributed by atoms with Gasteiger partial charge in [0.25, 0.3) is 0 Å². The summed E-state index contributed by atoms with van der Waals surface area (Å²) in [5.41, 5.74) is 4.11. The molecule has 1 aromatic rings. The van der Waals surface area contributed by atoms with E-state index in [0.717, 1.165) is 4.90 Å². The van der Waals surface area contributed by atoms with Gasteiger partial charge in [-0.15, -0.1) is 11.8 Å². The summed E-state index contributed by atoms with van der Waals surface area (Å²) in [4.78, 5) is 37.3. The van der Waals surface area contributed by atoms with E-state index in [1.165, 1.54) is 23.9 Å². The first-order valence-corrected chi connectivity index (χ1v) is 9.08. The summed E-state index contributed by atoms with van der Waals surface area (Å²) >= 11 is 13.0. The van der Waals surface area contributed by atoms with Crippen molar-refractivity contribution in [1.82, 2.24) is 0 Å². The van der Waals surface area contributed by atoms with Crippen molar-refractivity contribution in [3.63, 3.8) is 0 Å². The van der Waals surface area contributed by atoms with Gasteiger partial charge < -0.3 is 10.5 Å². The number of halogens is 2. The average molecular weight is 392 g/mol. The van der Waals surface area contributed by atoms with Gasteiger partial charge in [-0.25, -0.2) is 9.69 Å². The molecule has 1 fully saturated rings. The van der Waals surface area contributed by atoms with E-state index in [1.807, 2.05) is 0 Å². The number of imide groups is 1. The molecule has 1 saturated heterocycles. The summed E-state index contributed by atoms with van der Waals surface area (Å²) in [5.74, 6) is -0.757. The van der Waals surface area contributed by atoms with E-state index < -0.39 is 17.3 Å². The summed E-state index contributed by atoms with van der Waals surface area (Å²) in [5, 5.41) is 0.0661. The lowest BCUT2D eigenvalue weighted by Gasteiger charge is -2.16. The molecule has 2 rings (SSSR count). The first-order chi connectivity index (χ1) is 11.3. The van der Waals surface area contributed by atoms with Crippen molar-refractivity contribution in [3.05, 3.63) is 28.2 Å². The van der Waals surface area contributed by atoms with E-state index in [9.17, 15) is 14.4 Å². The minimum atomic E-state index is -0.586. The highest BCUT2D eigenvalue weighted by atomic mass is 35.5. The Bertz CT molecular complexity index is 671. The summed E-state index contributed by atoms with van der Waals surface area (Å²) in [6.45, 7) is 1.99. The van der Waals surface area contributed by atoms with Gasteiger partial charge in [0.15, 0.2) is 6.04 Å². The lowest BCUT2D eigenvalue weighted by atomic mass is 10.3. The SMILES string of the molecule is CCOC(=O)[C@H]([NH3+])CS[C@@H]1CC(=O)N(c2ccc(Cl)c(Cl)c2)C1=O. The quantitative estimate of drug-likeness (QED) is 0.586. The monoisotopic (exact) mass is 391 g/mol. The van der Waals surface area contributed by atoms with Crippen molar-refractivity contribution < 1.29 is 24.9 Å². The summed E-state index contributed by atoms with van der Waals surface area (Å²) in [6, 6.07) is 4.00. The fourth-order valence-corrected chi connectivity index (χ4v) is 3.59. The third kappa shape index (κ3) is 4.22. The average Bonchev–Trinajstić information content (AvgIpc) is 2.82. The van der Waals surface area contributed by atoms with Crippen LogP contribution in [0.2, 0.25) is 10.0 Å². The molecule has 0 radical (unpaired) electrons. The minimum absolute atomic E-state index is 0.0687. The van der Waals surface area contributed by atoms with E-state index in [1.54, 1.807) is 13.0 Å². The first kappa shape index (κ1) is 19.1. The molecule has 1 aliphatic heterocycles. The van der Waals surface area contributed by atoms with Crippen molar-refractivity contribution >= 4 is 58.4 Å². The van der Waals surface area contributed by atoms with Crippen LogP contribution in [0.5, 0.6) is 0 Å². The minimum Gasteiger partial charge on any atom is -0.462 e. The maximum absolute atomic E-state index is 12.5. The maximum Gasteiger partial charge on any atom is 0.365 e. The van der Waals surface area contributed by atoms with Crippen LogP contribution in [0, 0.1) is 0 Å². The van der Waals surface area contributed by atoms with Crippen molar-refractivity contribution in [2.45, 2.75) is 24.6 Å². The molecule has 1 aromatic carbocycles. The molecule has 1 heterocycles. The van der Waals surface area contributed by atoms with Gasteiger partial charge in [0.2, 0.25) is 11.8 Å². The van der Waals surface area contributed by atoms with E-state index in [0.29, 0.717) is 16.5 Å². The van der Waals surface area contributed by atoms with Crippen LogP contribution >= 0.6 is 35.0 Å². The normalized spacial score (nSPS) is 18.8. The number of carbonyl (C=O) groups excluding carboxylic acids is 3. The highest BCUT2D eigenvalue weighted by Crippen LogP contribution is 2.33. The van der Waals surface area contributed by atoms with E-state index >= 15 is 0 Å². The molecule has 0 saturated carbocycles. The molecule has 0 aromatic heterocycles. The summed E-state index contributed by atoms with van der Waals surface area (Å²) < 4.78 is 4.88. The first-order valence-electron chi connectivity index (χ1n) is 7.28. The fraction of sp³-hybridized carbons (Fsp3) is 0.400. The number of thioether (sulfide) groups is 1. The van der Waals surface area contributed by atoms with Gasteiger partial charge in [-0.3, -0.25) is 9.59 Å². The number of ether oxygens (including phenoxy) is 1. The topological polar surface area (TPSA) is 91.3 Å². The van der Waals surface area contributed by atoms with Gasteiger partial charge >= 0.3 is 5.97 Å². The van der Waals surface area contributed by atoms with E-state index in [4.69, 9.17) is 27.9 Å². The molecule has 130 valence electrons. The molecule has 0 aliphatic carbocycles. The fourth-order valence-electron chi connectivity index (χ4n) is 2.19. The lowest BCUT2D eigenvalue weighted by Crippen LogP contribution is -2.66. The van der Waals surface area contributed by atoms with Crippen LogP contribution < -0.4 is 10.6 Å². The Kier molecular flexibility index (Phi) is 6.51. The largest absolute Gasteiger partial charge is 0.462 e.